The third-order valence-electron chi connectivity index (χ3n) is 2.02. The first-order valence-corrected chi connectivity index (χ1v) is 4.27. The minimum Gasteiger partial charge on any atom is -0.348 e. The Bertz CT molecular complexity index is 266. The number of nitrogens with zero attached hydrogens (tertiary/aromatic N) is 1. The van der Waals surface area contributed by atoms with Crippen LogP contribution < -0.4 is 5.73 Å². The van der Waals surface area contributed by atoms with Crippen LogP contribution in [0.5, 0.6) is 0 Å². The highest BCUT2D eigenvalue weighted by atomic mass is 16.7. The Morgan fingerprint density at radius 2 is 2.23 bits per heavy atom. The van der Waals surface area contributed by atoms with Crippen LogP contribution in [0.1, 0.15) is 11.7 Å². The maximum Gasteiger partial charge on any atom is 0.170 e. The minimum absolute atomic E-state index is 0.0107. The lowest BCUT2D eigenvalue weighted by Crippen LogP contribution is -2.20. The van der Waals surface area contributed by atoms with Crippen LogP contribution in [0.15, 0.2) is 24.5 Å². The van der Waals surface area contributed by atoms with E-state index in [0.29, 0.717) is 13.2 Å². The highest BCUT2D eigenvalue weighted by Gasteiger charge is 2.25. The number of aromatic nitrogens is 1. The number of rotatable bonds is 2. The molecule has 0 aromatic carbocycles. The molecule has 0 bridgehead atoms. The van der Waals surface area contributed by atoms with Crippen LogP contribution in [0.25, 0.3) is 0 Å². The second-order valence-electron chi connectivity index (χ2n) is 2.90. The highest BCUT2D eigenvalue weighted by Crippen LogP contribution is 2.24. The molecule has 1 aliphatic rings. The molecule has 2 atom stereocenters. The summed E-state index contributed by atoms with van der Waals surface area (Å²) in [7, 11) is 0. The molecule has 1 fully saturated rings. The Balaban J connectivity index is 2.04. The van der Waals surface area contributed by atoms with Gasteiger partial charge >= 0.3 is 0 Å². The Labute approximate surface area is 76.7 Å². The molecule has 0 spiro atoms. The first-order chi connectivity index (χ1) is 6.40. The summed E-state index contributed by atoms with van der Waals surface area (Å²) < 4.78 is 10.8. The fourth-order valence-corrected chi connectivity index (χ4v) is 1.33. The number of hydrogen-bond donors (Lipinski definition) is 1. The lowest BCUT2D eigenvalue weighted by atomic mass is 10.2. The van der Waals surface area contributed by atoms with Crippen LogP contribution in [0, 0.1) is 0 Å². The predicted molar refractivity (Wildman–Crippen MR) is 46.9 cm³/mol. The molecule has 0 saturated carbocycles. The molecule has 0 radical (unpaired) electrons. The van der Waals surface area contributed by atoms with Crippen molar-refractivity contribution in [1.82, 2.24) is 4.98 Å². The molecular weight excluding hydrogens is 168 g/mol. The number of hydrogen-bond acceptors (Lipinski definition) is 4. The Morgan fingerprint density at radius 1 is 1.46 bits per heavy atom. The van der Waals surface area contributed by atoms with E-state index in [-0.39, 0.29) is 12.4 Å². The Kier molecular flexibility index (Phi) is 2.54. The van der Waals surface area contributed by atoms with Gasteiger partial charge in [0.1, 0.15) is 6.10 Å². The lowest BCUT2D eigenvalue weighted by Gasteiger charge is -2.08. The topological polar surface area (TPSA) is 57.4 Å². The second kappa shape index (κ2) is 3.83. The van der Waals surface area contributed by atoms with Crippen LogP contribution in [0.2, 0.25) is 0 Å². The fourth-order valence-electron chi connectivity index (χ4n) is 1.33. The van der Waals surface area contributed by atoms with Gasteiger partial charge in [0.25, 0.3) is 0 Å². The third-order valence-corrected chi connectivity index (χ3v) is 2.02. The average Bonchev–Trinajstić information content (AvgIpc) is 2.67. The molecular formula is C9H12N2O2. The van der Waals surface area contributed by atoms with Gasteiger partial charge in [-0.25, -0.2) is 0 Å². The van der Waals surface area contributed by atoms with Crippen molar-refractivity contribution in [2.75, 3.05) is 13.2 Å². The summed E-state index contributed by atoms with van der Waals surface area (Å²) >= 11 is 0. The SMILES string of the molecule is NCC1OCC(c2ccncc2)O1. The van der Waals surface area contributed by atoms with E-state index in [4.69, 9.17) is 15.2 Å². The van der Waals surface area contributed by atoms with E-state index in [2.05, 4.69) is 4.98 Å². The zero-order valence-corrected chi connectivity index (χ0v) is 7.22. The summed E-state index contributed by atoms with van der Waals surface area (Å²) in [6.45, 7) is 0.980. The highest BCUT2D eigenvalue weighted by molar-refractivity contribution is 5.13. The minimum atomic E-state index is -0.252. The lowest BCUT2D eigenvalue weighted by molar-refractivity contribution is -0.0497. The zero-order valence-electron chi connectivity index (χ0n) is 7.22. The van der Waals surface area contributed by atoms with Gasteiger partial charge in [-0.15, -0.1) is 0 Å². The molecule has 70 valence electrons. The maximum absolute atomic E-state index is 5.52. The summed E-state index contributed by atoms with van der Waals surface area (Å²) in [5, 5.41) is 0. The molecule has 1 saturated heterocycles. The van der Waals surface area contributed by atoms with Crippen molar-refractivity contribution in [3.05, 3.63) is 30.1 Å². The van der Waals surface area contributed by atoms with Crippen LogP contribution in [-0.4, -0.2) is 24.4 Å². The number of ether oxygens (including phenoxy) is 2. The van der Waals surface area contributed by atoms with Gasteiger partial charge in [0.2, 0.25) is 0 Å². The molecule has 1 aromatic heterocycles. The van der Waals surface area contributed by atoms with Crippen LogP contribution in [0.4, 0.5) is 0 Å². The van der Waals surface area contributed by atoms with E-state index < -0.39 is 0 Å². The first-order valence-electron chi connectivity index (χ1n) is 4.27. The molecule has 13 heavy (non-hydrogen) atoms. The van der Waals surface area contributed by atoms with E-state index in [1.54, 1.807) is 12.4 Å². The average molecular weight is 180 g/mol. The van der Waals surface area contributed by atoms with Gasteiger partial charge in [0.05, 0.1) is 6.61 Å². The predicted octanol–water partition coefficient (Wildman–Crippen LogP) is 0.454. The molecule has 4 heteroatoms. The van der Waals surface area contributed by atoms with E-state index in [9.17, 15) is 0 Å². The number of pyridine rings is 1. The fraction of sp³-hybridized carbons (Fsp3) is 0.444. The molecule has 1 aromatic rings. The molecule has 2 rings (SSSR count). The molecule has 2 N–H and O–H groups in total. The quantitative estimate of drug-likeness (QED) is 0.718. The zero-order chi connectivity index (χ0) is 9.10. The summed E-state index contributed by atoms with van der Waals surface area (Å²) in [6, 6.07) is 3.85. The van der Waals surface area contributed by atoms with Crippen LogP contribution in [-0.2, 0) is 9.47 Å². The van der Waals surface area contributed by atoms with Gasteiger partial charge in [-0.3, -0.25) is 4.98 Å². The molecule has 4 nitrogen and oxygen atoms in total. The summed E-state index contributed by atoms with van der Waals surface area (Å²) in [5.74, 6) is 0. The van der Waals surface area contributed by atoms with Gasteiger partial charge in [0.15, 0.2) is 6.29 Å². The van der Waals surface area contributed by atoms with E-state index in [1.807, 2.05) is 12.1 Å². The second-order valence-corrected chi connectivity index (χ2v) is 2.90. The standard InChI is InChI=1S/C9H12N2O2/c10-5-9-12-6-8(13-9)7-1-3-11-4-2-7/h1-4,8-9H,5-6,10H2. The van der Waals surface area contributed by atoms with Gasteiger partial charge in [-0.05, 0) is 17.7 Å². The normalized spacial score (nSPS) is 27.8. The van der Waals surface area contributed by atoms with E-state index in [1.165, 1.54) is 0 Å². The maximum atomic E-state index is 5.52. The van der Waals surface area contributed by atoms with Crippen LogP contribution >= 0.6 is 0 Å². The molecule has 0 amide bonds. The first kappa shape index (κ1) is 8.62. The summed E-state index contributed by atoms with van der Waals surface area (Å²) in [4.78, 5) is 3.93. The van der Waals surface area contributed by atoms with Gasteiger partial charge < -0.3 is 15.2 Å². The van der Waals surface area contributed by atoms with Gasteiger partial charge in [-0.1, -0.05) is 0 Å². The van der Waals surface area contributed by atoms with Crippen molar-refractivity contribution in [2.24, 2.45) is 5.73 Å². The largest absolute Gasteiger partial charge is 0.348 e. The Hall–Kier alpha value is -0.970. The van der Waals surface area contributed by atoms with Crippen molar-refractivity contribution >= 4 is 0 Å². The molecule has 2 heterocycles. The Morgan fingerprint density at radius 3 is 2.85 bits per heavy atom. The monoisotopic (exact) mass is 180 g/mol. The van der Waals surface area contributed by atoms with Crippen LogP contribution in [0.3, 0.4) is 0 Å². The van der Waals surface area contributed by atoms with Crippen molar-refractivity contribution < 1.29 is 9.47 Å². The van der Waals surface area contributed by atoms with Crippen molar-refractivity contribution in [2.45, 2.75) is 12.4 Å². The van der Waals surface area contributed by atoms with Gasteiger partial charge in [0, 0.05) is 18.9 Å². The summed E-state index contributed by atoms with van der Waals surface area (Å²) in [5.41, 5.74) is 6.50. The van der Waals surface area contributed by atoms with Crippen molar-refractivity contribution in [3.8, 4) is 0 Å². The van der Waals surface area contributed by atoms with E-state index in [0.717, 1.165) is 5.56 Å². The third kappa shape index (κ3) is 1.85. The van der Waals surface area contributed by atoms with Crippen molar-refractivity contribution in [3.63, 3.8) is 0 Å². The number of nitrogens with two attached hydrogens (primary N) is 1. The summed E-state index contributed by atoms with van der Waals surface area (Å²) in [6.07, 6.45) is 3.25. The van der Waals surface area contributed by atoms with Gasteiger partial charge in [-0.2, -0.15) is 0 Å². The van der Waals surface area contributed by atoms with E-state index >= 15 is 0 Å². The smallest absolute Gasteiger partial charge is 0.170 e. The van der Waals surface area contributed by atoms with Crippen molar-refractivity contribution in [1.29, 1.82) is 0 Å². The molecule has 2 unspecified atom stereocenters. The molecule has 0 aliphatic carbocycles. The molecule has 1 aliphatic heterocycles.